The van der Waals surface area contributed by atoms with Gasteiger partial charge in [0.25, 0.3) is 5.91 Å². The average molecular weight is 447 g/mol. The van der Waals surface area contributed by atoms with Crippen LogP contribution in [0.3, 0.4) is 0 Å². The molecule has 2 N–H and O–H groups in total. The number of anilines is 2. The number of carbonyl (C=O) groups is 2. The predicted octanol–water partition coefficient (Wildman–Crippen LogP) is 2.12. The molecule has 9 nitrogen and oxygen atoms in total. The Morgan fingerprint density at radius 2 is 2.00 bits per heavy atom. The third-order valence-electron chi connectivity index (χ3n) is 7.04. The van der Waals surface area contributed by atoms with Gasteiger partial charge in [-0.05, 0) is 37.8 Å². The molecule has 2 unspecified atom stereocenters. The van der Waals surface area contributed by atoms with E-state index < -0.39 is 0 Å². The van der Waals surface area contributed by atoms with Crippen molar-refractivity contribution < 1.29 is 14.3 Å². The molecule has 2 fully saturated rings. The molecule has 33 heavy (non-hydrogen) atoms. The monoisotopic (exact) mass is 446 g/mol. The zero-order chi connectivity index (χ0) is 22.9. The van der Waals surface area contributed by atoms with Crippen LogP contribution in [0.2, 0.25) is 0 Å². The minimum absolute atomic E-state index is 0.0961. The Morgan fingerprint density at radius 3 is 2.76 bits per heavy atom. The summed E-state index contributed by atoms with van der Waals surface area (Å²) >= 11 is 0. The maximum Gasteiger partial charge on any atom is 0.261 e. The van der Waals surface area contributed by atoms with E-state index in [0.717, 1.165) is 42.2 Å². The van der Waals surface area contributed by atoms with Gasteiger partial charge in [-0.2, -0.15) is 5.10 Å². The van der Waals surface area contributed by atoms with E-state index in [9.17, 15) is 9.59 Å². The van der Waals surface area contributed by atoms with Gasteiger partial charge < -0.3 is 20.3 Å². The maximum atomic E-state index is 13.2. The number of amides is 2. The fourth-order valence-corrected chi connectivity index (χ4v) is 5.46. The molecule has 0 spiro atoms. The van der Waals surface area contributed by atoms with E-state index in [-0.39, 0.29) is 23.3 Å². The summed E-state index contributed by atoms with van der Waals surface area (Å²) in [4.78, 5) is 31.9. The quantitative estimate of drug-likeness (QED) is 0.637. The van der Waals surface area contributed by atoms with Gasteiger partial charge >= 0.3 is 0 Å². The van der Waals surface area contributed by atoms with Gasteiger partial charge in [-0.1, -0.05) is 0 Å². The molecule has 1 saturated heterocycles. The summed E-state index contributed by atoms with van der Waals surface area (Å²) in [6, 6.07) is 5.83. The van der Waals surface area contributed by atoms with Gasteiger partial charge in [0.05, 0.1) is 17.6 Å². The summed E-state index contributed by atoms with van der Waals surface area (Å²) in [5.41, 5.74) is 3.39. The largest absolute Gasteiger partial charge is 0.487 e. The zero-order valence-corrected chi connectivity index (χ0v) is 18.8. The first-order valence-corrected chi connectivity index (χ1v) is 11.3. The summed E-state index contributed by atoms with van der Waals surface area (Å²) in [7, 11) is 1.69. The van der Waals surface area contributed by atoms with Crippen molar-refractivity contribution in [3.8, 4) is 5.75 Å². The fraction of sp³-hybridized carbons (Fsp3) is 0.417. The Balaban J connectivity index is 1.32. The highest BCUT2D eigenvalue weighted by Gasteiger charge is 2.59. The molecular formula is C24H26N6O3. The molecule has 6 rings (SSSR count). The molecule has 170 valence electrons. The molecule has 0 bridgehead atoms. The molecule has 2 amide bonds. The molecule has 1 aliphatic carbocycles. The van der Waals surface area contributed by atoms with Crippen molar-refractivity contribution in [2.24, 2.45) is 17.8 Å². The minimum Gasteiger partial charge on any atom is -0.487 e. The van der Waals surface area contributed by atoms with Gasteiger partial charge in [0.15, 0.2) is 5.65 Å². The zero-order valence-electron chi connectivity index (χ0n) is 18.8. The van der Waals surface area contributed by atoms with E-state index in [1.165, 1.54) is 6.20 Å². The van der Waals surface area contributed by atoms with E-state index in [1.807, 2.05) is 12.1 Å². The highest BCUT2D eigenvalue weighted by atomic mass is 16.5. The normalized spacial score (nSPS) is 24.2. The SMILES string of the molecule is CNC(=O)C1C2CN(c3cc4c(cc3NC(=O)c3cnn5cccnc35)CC(C)(C)O4)C[C@H]21. The number of fused-ring (bicyclic) bond motifs is 3. The number of hydrogen-bond acceptors (Lipinski definition) is 6. The number of piperidine rings is 1. The lowest BCUT2D eigenvalue weighted by Crippen LogP contribution is -2.30. The molecule has 2 aromatic heterocycles. The molecule has 9 heteroatoms. The number of aromatic nitrogens is 3. The van der Waals surface area contributed by atoms with Crippen molar-refractivity contribution >= 4 is 28.8 Å². The van der Waals surface area contributed by atoms with E-state index in [4.69, 9.17) is 4.74 Å². The van der Waals surface area contributed by atoms with E-state index >= 15 is 0 Å². The third kappa shape index (κ3) is 3.21. The van der Waals surface area contributed by atoms with Crippen LogP contribution < -0.4 is 20.3 Å². The Kier molecular flexibility index (Phi) is 4.21. The number of nitrogens with one attached hydrogen (secondary N) is 2. The molecule has 0 radical (unpaired) electrons. The van der Waals surface area contributed by atoms with Crippen LogP contribution in [0.25, 0.3) is 5.65 Å². The van der Waals surface area contributed by atoms with Gasteiger partial charge in [0.1, 0.15) is 16.9 Å². The molecule has 3 aliphatic rings. The number of hydrogen-bond donors (Lipinski definition) is 2. The highest BCUT2D eigenvalue weighted by molar-refractivity contribution is 6.09. The lowest BCUT2D eigenvalue weighted by atomic mass is 10.0. The first kappa shape index (κ1) is 20.0. The molecule has 1 aromatic carbocycles. The second-order valence-electron chi connectivity index (χ2n) is 9.79. The van der Waals surface area contributed by atoms with Gasteiger partial charge in [-0.3, -0.25) is 9.59 Å². The number of rotatable bonds is 4. The minimum atomic E-state index is -0.286. The number of ether oxygens (including phenoxy) is 1. The van der Waals surface area contributed by atoms with Crippen molar-refractivity contribution in [3.05, 3.63) is 47.9 Å². The van der Waals surface area contributed by atoms with E-state index in [0.29, 0.717) is 23.0 Å². The van der Waals surface area contributed by atoms with Crippen LogP contribution in [0, 0.1) is 17.8 Å². The van der Waals surface area contributed by atoms with Crippen LogP contribution in [-0.4, -0.2) is 52.2 Å². The van der Waals surface area contributed by atoms with Gasteiger partial charge in [0.2, 0.25) is 5.91 Å². The van der Waals surface area contributed by atoms with Gasteiger partial charge in [-0.15, -0.1) is 0 Å². The van der Waals surface area contributed by atoms with E-state index in [2.05, 4.69) is 39.5 Å². The molecule has 1 saturated carbocycles. The number of nitrogens with zero attached hydrogens (tertiary/aromatic N) is 4. The molecule has 3 aromatic rings. The fourth-order valence-electron chi connectivity index (χ4n) is 5.46. The van der Waals surface area contributed by atoms with Crippen LogP contribution in [-0.2, 0) is 11.2 Å². The van der Waals surface area contributed by atoms with Crippen molar-refractivity contribution in [1.82, 2.24) is 19.9 Å². The lowest BCUT2D eigenvalue weighted by molar-refractivity contribution is -0.122. The van der Waals surface area contributed by atoms with Crippen molar-refractivity contribution in [1.29, 1.82) is 0 Å². The molecule has 2 aliphatic heterocycles. The Bertz CT molecular complexity index is 1290. The third-order valence-corrected chi connectivity index (χ3v) is 7.04. The number of benzene rings is 1. The van der Waals surface area contributed by atoms with Crippen molar-refractivity contribution in [2.45, 2.75) is 25.9 Å². The van der Waals surface area contributed by atoms with Crippen molar-refractivity contribution in [3.63, 3.8) is 0 Å². The summed E-state index contributed by atoms with van der Waals surface area (Å²) in [5.74, 6) is 1.52. The van der Waals surface area contributed by atoms with Crippen LogP contribution in [0.15, 0.2) is 36.8 Å². The second kappa shape index (κ2) is 6.94. The molecular weight excluding hydrogens is 420 g/mol. The lowest BCUT2D eigenvalue weighted by Gasteiger charge is -2.25. The summed E-state index contributed by atoms with van der Waals surface area (Å²) < 4.78 is 7.76. The first-order valence-electron chi connectivity index (χ1n) is 11.3. The van der Waals surface area contributed by atoms with Gasteiger partial charge in [0, 0.05) is 56.5 Å². The van der Waals surface area contributed by atoms with Crippen LogP contribution >= 0.6 is 0 Å². The standard InChI is InChI=1S/C24H26N6O3/c1-24(2)9-13-7-17(28-22(31)14-10-27-30-6-4-5-26-21(14)30)18(8-19(13)33-24)29-11-15-16(12-29)20(15)23(32)25-3/h4-8,10,15-16,20H,9,11-12H2,1-3H3,(H,25,32)(H,28,31)/t15-,16?,20?/m1/s1. The summed E-state index contributed by atoms with van der Waals surface area (Å²) in [6.45, 7) is 5.70. The Labute approximate surface area is 191 Å². The number of carbonyl (C=O) groups excluding carboxylic acids is 2. The summed E-state index contributed by atoms with van der Waals surface area (Å²) in [5, 5.41) is 10.1. The topological polar surface area (TPSA) is 101 Å². The average Bonchev–Trinajstić information content (AvgIpc) is 3.14. The predicted molar refractivity (Wildman–Crippen MR) is 123 cm³/mol. The summed E-state index contributed by atoms with van der Waals surface area (Å²) in [6.07, 6.45) is 5.72. The molecule has 4 heterocycles. The Hall–Kier alpha value is -3.62. The first-order chi connectivity index (χ1) is 15.8. The second-order valence-corrected chi connectivity index (χ2v) is 9.79. The van der Waals surface area contributed by atoms with Crippen LogP contribution in [0.5, 0.6) is 5.75 Å². The van der Waals surface area contributed by atoms with Gasteiger partial charge in [-0.25, -0.2) is 9.50 Å². The Morgan fingerprint density at radius 1 is 1.21 bits per heavy atom. The molecule has 3 atom stereocenters. The van der Waals surface area contributed by atoms with Crippen LogP contribution in [0.4, 0.5) is 11.4 Å². The van der Waals surface area contributed by atoms with Crippen molar-refractivity contribution in [2.75, 3.05) is 30.4 Å². The van der Waals surface area contributed by atoms with Crippen LogP contribution in [0.1, 0.15) is 29.8 Å². The van der Waals surface area contributed by atoms with E-state index in [1.54, 1.807) is 30.0 Å². The highest BCUT2D eigenvalue weighted by Crippen LogP contribution is 2.54. The maximum absolute atomic E-state index is 13.2. The smallest absolute Gasteiger partial charge is 0.261 e.